The van der Waals surface area contributed by atoms with Crippen molar-refractivity contribution in [1.82, 2.24) is 4.90 Å². The van der Waals surface area contributed by atoms with Gasteiger partial charge in [0.15, 0.2) is 0 Å². The van der Waals surface area contributed by atoms with Gasteiger partial charge in [0.25, 0.3) is 0 Å². The van der Waals surface area contributed by atoms with E-state index in [4.69, 9.17) is 15.7 Å². The Labute approximate surface area is 195 Å². The molecular weight excluding hydrogens is 436 g/mol. The monoisotopic (exact) mass is 466 g/mol. The summed E-state index contributed by atoms with van der Waals surface area (Å²) in [6.45, 7) is 1.96. The molecule has 0 aromatic heterocycles. The first kappa shape index (κ1) is 22.2. The van der Waals surface area contributed by atoms with Crippen LogP contribution in [0.5, 0.6) is 5.75 Å². The van der Waals surface area contributed by atoms with Gasteiger partial charge in [-0.15, -0.1) is 0 Å². The Kier molecular flexibility index (Phi) is 5.60. The van der Waals surface area contributed by atoms with Crippen molar-refractivity contribution in [1.29, 1.82) is 5.26 Å². The van der Waals surface area contributed by atoms with Gasteiger partial charge < -0.3 is 10.5 Å². The summed E-state index contributed by atoms with van der Waals surface area (Å²) >= 11 is 0. The first-order valence-electron chi connectivity index (χ1n) is 11.6. The molecule has 2 heterocycles. The molecule has 1 spiro atoms. The highest BCUT2D eigenvalue weighted by atomic mass is 32.2. The maximum Gasteiger partial charge on any atom is 0.229 e. The Morgan fingerprint density at radius 2 is 1.97 bits per heavy atom. The second kappa shape index (κ2) is 8.32. The molecule has 1 fully saturated rings. The number of aryl methyl sites for hydroxylation is 1. The third-order valence-corrected chi connectivity index (χ3v) is 8.00. The fraction of sp³-hybridized carbons (Fsp3) is 0.480. The summed E-state index contributed by atoms with van der Waals surface area (Å²) in [5.41, 5.74) is 11.1. The first-order valence-corrected chi connectivity index (χ1v) is 13.5. The molecule has 3 N–H and O–H groups in total. The van der Waals surface area contributed by atoms with Crippen LogP contribution in [0.1, 0.15) is 54.0 Å². The molecular formula is C25H30N4O3S. The van der Waals surface area contributed by atoms with E-state index in [-0.39, 0.29) is 11.6 Å². The minimum Gasteiger partial charge on any atom is -0.487 e. The second-order valence-electron chi connectivity index (χ2n) is 9.75. The van der Waals surface area contributed by atoms with Gasteiger partial charge in [-0.1, -0.05) is 6.07 Å². The number of nitrogens with zero attached hydrogens (tertiary/aromatic N) is 2. The van der Waals surface area contributed by atoms with Crippen molar-refractivity contribution in [3.05, 3.63) is 58.7 Å². The molecule has 3 aliphatic rings. The first-order chi connectivity index (χ1) is 15.7. The summed E-state index contributed by atoms with van der Waals surface area (Å²) < 4.78 is 32.2. The lowest BCUT2D eigenvalue weighted by Crippen LogP contribution is -2.54. The van der Waals surface area contributed by atoms with Gasteiger partial charge >= 0.3 is 0 Å². The molecule has 0 radical (unpaired) electrons. The summed E-state index contributed by atoms with van der Waals surface area (Å²) in [6.07, 6.45) is 6.92. The third kappa shape index (κ3) is 4.58. The highest BCUT2D eigenvalue weighted by Gasteiger charge is 2.43. The zero-order valence-corrected chi connectivity index (χ0v) is 19.7. The highest BCUT2D eigenvalue weighted by Crippen LogP contribution is 2.44. The minimum atomic E-state index is -3.34. The van der Waals surface area contributed by atoms with Gasteiger partial charge in [0.1, 0.15) is 11.4 Å². The number of hydrogen-bond acceptors (Lipinski definition) is 6. The van der Waals surface area contributed by atoms with E-state index in [9.17, 15) is 8.42 Å². The lowest BCUT2D eigenvalue weighted by atomic mass is 9.79. The lowest BCUT2D eigenvalue weighted by Gasteiger charge is -2.48. The van der Waals surface area contributed by atoms with E-state index in [2.05, 4.69) is 21.8 Å². The van der Waals surface area contributed by atoms with Crippen molar-refractivity contribution in [2.45, 2.75) is 56.2 Å². The van der Waals surface area contributed by atoms with E-state index in [1.165, 1.54) is 11.1 Å². The van der Waals surface area contributed by atoms with Crippen LogP contribution >= 0.6 is 0 Å². The number of nitrogens with two attached hydrogens (primary N) is 1. The molecule has 1 aliphatic carbocycles. The number of likely N-dealkylation sites (tertiary alicyclic amines) is 1. The van der Waals surface area contributed by atoms with Crippen LogP contribution in [0.4, 0.5) is 5.69 Å². The number of benzene rings is 2. The molecule has 8 heteroatoms. The van der Waals surface area contributed by atoms with Gasteiger partial charge in [-0.2, -0.15) is 5.26 Å². The predicted molar refractivity (Wildman–Crippen MR) is 128 cm³/mol. The SMILES string of the molecule is CS(=O)(=O)Nc1ccc2c(c1)[C@@H](N)CC1(CCN([C@@H]3CCc4cc(C#N)ccc4C3)CC1)O2. The van der Waals surface area contributed by atoms with Crippen molar-refractivity contribution in [3.8, 4) is 11.8 Å². The molecule has 2 aromatic carbocycles. The van der Waals surface area contributed by atoms with Crippen molar-refractivity contribution < 1.29 is 13.2 Å². The molecule has 2 aromatic rings. The van der Waals surface area contributed by atoms with Crippen molar-refractivity contribution in [3.63, 3.8) is 0 Å². The zero-order valence-electron chi connectivity index (χ0n) is 18.9. The Morgan fingerprint density at radius 3 is 2.70 bits per heavy atom. The number of anilines is 1. The van der Waals surface area contributed by atoms with Crippen molar-refractivity contribution in [2.75, 3.05) is 24.1 Å². The molecule has 0 unspecified atom stereocenters. The molecule has 0 bridgehead atoms. The number of sulfonamides is 1. The Balaban J connectivity index is 1.25. The number of rotatable bonds is 3. The standard InChI is InChI=1S/C25H30N4O3S/c1-33(30,31)28-20-5-7-24-22(14-20)23(27)15-25(32-24)8-10-29(11-9-25)21-6-4-18-12-17(16-26)2-3-19(18)13-21/h2-3,5,7,12,14,21,23,28H,4,6,8-11,13,15,27H2,1H3/t21-,23+/m1/s1. The van der Waals surface area contributed by atoms with Gasteiger partial charge in [-0.3, -0.25) is 9.62 Å². The molecule has 5 rings (SSSR count). The quantitative estimate of drug-likeness (QED) is 0.720. The topological polar surface area (TPSA) is 108 Å². The zero-order chi connectivity index (χ0) is 23.2. The molecule has 0 amide bonds. The third-order valence-electron chi connectivity index (χ3n) is 7.39. The van der Waals surface area contributed by atoms with Crippen LogP contribution in [0.2, 0.25) is 0 Å². The molecule has 7 nitrogen and oxygen atoms in total. The summed E-state index contributed by atoms with van der Waals surface area (Å²) in [5, 5.41) is 9.15. The van der Waals surface area contributed by atoms with Gasteiger partial charge in [-0.25, -0.2) is 8.42 Å². The van der Waals surface area contributed by atoms with Crippen LogP contribution in [0.15, 0.2) is 36.4 Å². The van der Waals surface area contributed by atoms with Gasteiger partial charge in [-0.05, 0) is 73.6 Å². The van der Waals surface area contributed by atoms with Crippen LogP contribution in [0, 0.1) is 11.3 Å². The van der Waals surface area contributed by atoms with E-state index in [0.717, 1.165) is 74.7 Å². The fourth-order valence-electron chi connectivity index (χ4n) is 5.71. The van der Waals surface area contributed by atoms with Crippen molar-refractivity contribution >= 4 is 15.7 Å². The Bertz CT molecular complexity index is 1210. The number of fused-ring (bicyclic) bond motifs is 2. The normalized spacial score (nSPS) is 24.3. The average Bonchev–Trinajstić information content (AvgIpc) is 2.78. The Hall–Kier alpha value is -2.60. The van der Waals surface area contributed by atoms with E-state index in [1.54, 1.807) is 12.1 Å². The molecule has 0 saturated carbocycles. The molecule has 1 saturated heterocycles. The maximum absolute atomic E-state index is 11.6. The van der Waals surface area contributed by atoms with Gasteiger partial charge in [0.2, 0.25) is 10.0 Å². The van der Waals surface area contributed by atoms with Gasteiger partial charge in [0.05, 0.1) is 17.9 Å². The average molecular weight is 467 g/mol. The van der Waals surface area contributed by atoms with E-state index < -0.39 is 10.0 Å². The van der Waals surface area contributed by atoms with Crippen LogP contribution in [0.3, 0.4) is 0 Å². The largest absolute Gasteiger partial charge is 0.487 e. The molecule has 174 valence electrons. The lowest BCUT2D eigenvalue weighted by molar-refractivity contribution is -0.0323. The second-order valence-corrected chi connectivity index (χ2v) is 11.5. The minimum absolute atomic E-state index is 0.183. The highest BCUT2D eigenvalue weighted by molar-refractivity contribution is 7.92. The van der Waals surface area contributed by atoms with Crippen LogP contribution in [0.25, 0.3) is 0 Å². The van der Waals surface area contributed by atoms with Crippen molar-refractivity contribution in [2.24, 2.45) is 5.73 Å². The number of piperidine rings is 1. The number of nitrogens with one attached hydrogen (secondary N) is 1. The predicted octanol–water partition coefficient (Wildman–Crippen LogP) is 3.10. The Morgan fingerprint density at radius 1 is 1.18 bits per heavy atom. The summed E-state index contributed by atoms with van der Waals surface area (Å²) in [7, 11) is -3.34. The molecule has 2 atom stereocenters. The summed E-state index contributed by atoms with van der Waals surface area (Å²) in [4.78, 5) is 2.59. The van der Waals surface area contributed by atoms with Crippen LogP contribution in [-0.2, 0) is 22.9 Å². The summed E-state index contributed by atoms with van der Waals surface area (Å²) in [6, 6.07) is 14.0. The van der Waals surface area contributed by atoms with E-state index in [0.29, 0.717) is 11.7 Å². The number of nitriles is 1. The van der Waals surface area contributed by atoms with E-state index >= 15 is 0 Å². The number of ether oxygens (including phenoxy) is 1. The molecule has 2 aliphatic heterocycles. The smallest absolute Gasteiger partial charge is 0.229 e. The number of hydrogen-bond donors (Lipinski definition) is 2. The molecule has 33 heavy (non-hydrogen) atoms. The van der Waals surface area contributed by atoms with Gasteiger partial charge in [0, 0.05) is 42.8 Å². The summed E-state index contributed by atoms with van der Waals surface area (Å²) in [5.74, 6) is 0.765. The van der Waals surface area contributed by atoms with E-state index in [1.807, 2.05) is 18.2 Å². The van der Waals surface area contributed by atoms with Crippen LogP contribution in [-0.4, -0.2) is 44.3 Å². The van der Waals surface area contributed by atoms with Crippen LogP contribution < -0.4 is 15.2 Å². The maximum atomic E-state index is 11.6. The fourth-order valence-corrected chi connectivity index (χ4v) is 6.27.